The Labute approximate surface area is 75.5 Å². The van der Waals surface area contributed by atoms with E-state index in [1.165, 1.54) is 0 Å². The average Bonchev–Trinajstić information content (AvgIpc) is 1.96. The average molecular weight is 171 g/mol. The summed E-state index contributed by atoms with van der Waals surface area (Å²) >= 11 is 0. The number of hydrogen-bond acceptors (Lipinski definition) is 3. The quantitative estimate of drug-likeness (QED) is 0.588. The van der Waals surface area contributed by atoms with E-state index in [2.05, 4.69) is 32.6 Å². The first-order valence-electron chi connectivity index (χ1n) is 4.79. The van der Waals surface area contributed by atoms with E-state index in [0.717, 1.165) is 13.1 Å². The first-order chi connectivity index (χ1) is 5.52. The molecule has 0 aromatic carbocycles. The van der Waals surface area contributed by atoms with Gasteiger partial charge >= 0.3 is 0 Å². The Bertz CT molecular complexity index is 147. The molecule has 72 valence electrons. The molecule has 0 radical (unpaired) electrons. The summed E-state index contributed by atoms with van der Waals surface area (Å²) in [4.78, 5) is 2.51. The molecule has 0 aliphatic carbocycles. The fraction of sp³-hybridized carbons (Fsp3) is 1.00. The van der Waals surface area contributed by atoms with Crippen LogP contribution in [0.3, 0.4) is 0 Å². The second-order valence-electron chi connectivity index (χ2n) is 4.19. The van der Waals surface area contributed by atoms with Crippen LogP contribution < -0.4 is 5.84 Å². The van der Waals surface area contributed by atoms with E-state index in [9.17, 15) is 0 Å². The van der Waals surface area contributed by atoms with Crippen molar-refractivity contribution in [1.82, 2.24) is 9.91 Å². The van der Waals surface area contributed by atoms with Gasteiger partial charge in [0.05, 0.1) is 0 Å². The van der Waals surface area contributed by atoms with Crippen molar-refractivity contribution in [1.29, 1.82) is 0 Å². The van der Waals surface area contributed by atoms with Gasteiger partial charge in [0.1, 0.15) is 0 Å². The number of nitrogens with two attached hydrogens (primary N) is 1. The molecule has 1 aliphatic rings. The minimum atomic E-state index is 0.489. The van der Waals surface area contributed by atoms with Crippen LogP contribution in [0.4, 0.5) is 0 Å². The van der Waals surface area contributed by atoms with Crippen molar-refractivity contribution < 1.29 is 0 Å². The third kappa shape index (κ3) is 1.97. The van der Waals surface area contributed by atoms with E-state index in [4.69, 9.17) is 5.84 Å². The molecule has 12 heavy (non-hydrogen) atoms. The second kappa shape index (κ2) is 3.73. The van der Waals surface area contributed by atoms with Crippen LogP contribution in [-0.4, -0.2) is 41.1 Å². The van der Waals surface area contributed by atoms with Gasteiger partial charge < -0.3 is 0 Å². The Morgan fingerprint density at radius 2 is 1.75 bits per heavy atom. The van der Waals surface area contributed by atoms with Crippen LogP contribution in [0.2, 0.25) is 0 Å². The summed E-state index contributed by atoms with van der Waals surface area (Å²) in [5.74, 6) is 5.84. The predicted molar refractivity (Wildman–Crippen MR) is 51.7 cm³/mol. The Kier molecular flexibility index (Phi) is 3.09. The maximum Gasteiger partial charge on any atom is 0.0341 e. The summed E-state index contributed by atoms with van der Waals surface area (Å²) < 4.78 is 0. The van der Waals surface area contributed by atoms with Gasteiger partial charge in [-0.05, 0) is 27.7 Å². The van der Waals surface area contributed by atoms with Crippen molar-refractivity contribution in [2.45, 2.75) is 45.8 Å². The maximum absolute atomic E-state index is 5.84. The maximum atomic E-state index is 5.84. The monoisotopic (exact) mass is 171 g/mol. The van der Waals surface area contributed by atoms with Crippen molar-refractivity contribution in [3.05, 3.63) is 0 Å². The summed E-state index contributed by atoms with van der Waals surface area (Å²) in [5.41, 5.74) is 0. The normalized spacial score (nSPS) is 34.5. The Balaban J connectivity index is 2.55. The number of piperazine rings is 1. The van der Waals surface area contributed by atoms with Crippen molar-refractivity contribution in [2.24, 2.45) is 5.84 Å². The molecule has 1 saturated heterocycles. The van der Waals surface area contributed by atoms with E-state index in [-0.39, 0.29) is 0 Å². The van der Waals surface area contributed by atoms with Gasteiger partial charge in [-0.15, -0.1) is 0 Å². The molecule has 0 aromatic heterocycles. The highest BCUT2D eigenvalue weighted by Gasteiger charge is 2.28. The second-order valence-corrected chi connectivity index (χ2v) is 4.19. The van der Waals surface area contributed by atoms with Crippen molar-refractivity contribution in [2.75, 3.05) is 13.1 Å². The number of rotatable bonds is 1. The molecule has 0 amide bonds. The molecule has 3 nitrogen and oxygen atoms in total. The van der Waals surface area contributed by atoms with Gasteiger partial charge in [0, 0.05) is 31.2 Å². The summed E-state index contributed by atoms with van der Waals surface area (Å²) in [6.07, 6.45) is 0. The molecule has 0 aromatic rings. The topological polar surface area (TPSA) is 32.5 Å². The number of hydrazine groups is 1. The van der Waals surface area contributed by atoms with Crippen molar-refractivity contribution in [3.63, 3.8) is 0 Å². The Hall–Kier alpha value is -0.120. The zero-order chi connectivity index (χ0) is 9.30. The standard InChI is InChI=1S/C9H21N3/c1-7(2)11-5-9(4)12(10)6-8(11)3/h7-9H,5-6,10H2,1-4H3/t8-,9+/m1/s1. The lowest BCUT2D eigenvalue weighted by Gasteiger charge is -2.44. The lowest BCUT2D eigenvalue weighted by Crippen LogP contribution is -2.60. The number of hydrogen-bond donors (Lipinski definition) is 1. The minimum Gasteiger partial charge on any atom is -0.295 e. The fourth-order valence-corrected chi connectivity index (χ4v) is 1.90. The first-order valence-corrected chi connectivity index (χ1v) is 4.79. The van der Waals surface area contributed by atoms with Crippen LogP contribution in [0, 0.1) is 0 Å². The molecule has 1 rings (SSSR count). The van der Waals surface area contributed by atoms with Gasteiger partial charge in [-0.3, -0.25) is 10.7 Å². The van der Waals surface area contributed by atoms with E-state index in [1.807, 2.05) is 5.01 Å². The van der Waals surface area contributed by atoms with Crippen LogP contribution in [0.25, 0.3) is 0 Å². The largest absolute Gasteiger partial charge is 0.295 e. The van der Waals surface area contributed by atoms with Crippen LogP contribution in [0.15, 0.2) is 0 Å². The molecule has 0 unspecified atom stereocenters. The van der Waals surface area contributed by atoms with Crippen LogP contribution in [0.5, 0.6) is 0 Å². The molecule has 1 heterocycles. The van der Waals surface area contributed by atoms with Gasteiger partial charge in [-0.25, -0.2) is 5.01 Å². The molecule has 2 atom stereocenters. The molecule has 0 saturated carbocycles. The summed E-state index contributed by atoms with van der Waals surface area (Å²) in [6, 6.07) is 1.71. The molecule has 3 heteroatoms. The molecular formula is C9H21N3. The molecule has 0 spiro atoms. The lowest BCUT2D eigenvalue weighted by molar-refractivity contribution is 0.0236. The third-order valence-electron chi connectivity index (χ3n) is 2.75. The van der Waals surface area contributed by atoms with Gasteiger partial charge in [0.15, 0.2) is 0 Å². The molecule has 1 fully saturated rings. The van der Waals surface area contributed by atoms with Crippen LogP contribution in [0.1, 0.15) is 27.7 Å². The molecule has 2 N–H and O–H groups in total. The van der Waals surface area contributed by atoms with Gasteiger partial charge in [-0.2, -0.15) is 0 Å². The molecular weight excluding hydrogens is 150 g/mol. The van der Waals surface area contributed by atoms with E-state index < -0.39 is 0 Å². The van der Waals surface area contributed by atoms with Crippen LogP contribution >= 0.6 is 0 Å². The summed E-state index contributed by atoms with van der Waals surface area (Å²) in [7, 11) is 0. The zero-order valence-electron chi connectivity index (χ0n) is 8.62. The summed E-state index contributed by atoms with van der Waals surface area (Å²) in [5, 5.41) is 1.95. The highest BCUT2D eigenvalue weighted by atomic mass is 15.5. The Morgan fingerprint density at radius 3 is 2.25 bits per heavy atom. The number of nitrogens with zero attached hydrogens (tertiary/aromatic N) is 2. The third-order valence-corrected chi connectivity index (χ3v) is 2.75. The van der Waals surface area contributed by atoms with Gasteiger partial charge in [0.25, 0.3) is 0 Å². The highest BCUT2D eigenvalue weighted by Crippen LogP contribution is 2.14. The smallest absolute Gasteiger partial charge is 0.0341 e. The fourth-order valence-electron chi connectivity index (χ4n) is 1.90. The van der Waals surface area contributed by atoms with Gasteiger partial charge in [-0.1, -0.05) is 0 Å². The molecule has 0 bridgehead atoms. The summed E-state index contributed by atoms with van der Waals surface area (Å²) in [6.45, 7) is 11.0. The highest BCUT2D eigenvalue weighted by molar-refractivity contribution is 4.83. The zero-order valence-corrected chi connectivity index (χ0v) is 8.62. The van der Waals surface area contributed by atoms with Crippen molar-refractivity contribution in [3.8, 4) is 0 Å². The van der Waals surface area contributed by atoms with E-state index in [1.54, 1.807) is 0 Å². The lowest BCUT2D eigenvalue weighted by atomic mass is 10.1. The van der Waals surface area contributed by atoms with E-state index >= 15 is 0 Å². The van der Waals surface area contributed by atoms with Crippen molar-refractivity contribution >= 4 is 0 Å². The SMILES string of the molecule is CC(C)N1C[C@H](C)N(N)C[C@H]1C. The molecule has 1 aliphatic heterocycles. The minimum absolute atomic E-state index is 0.489. The van der Waals surface area contributed by atoms with Gasteiger partial charge in [0.2, 0.25) is 0 Å². The predicted octanol–water partition coefficient (Wildman–Crippen LogP) is 0.663. The van der Waals surface area contributed by atoms with Crippen LogP contribution in [-0.2, 0) is 0 Å². The Morgan fingerprint density at radius 1 is 1.17 bits per heavy atom. The first kappa shape index (κ1) is 9.96. The van der Waals surface area contributed by atoms with E-state index in [0.29, 0.717) is 18.1 Å².